The van der Waals surface area contributed by atoms with Crippen LogP contribution in [0.4, 0.5) is 0 Å². The summed E-state index contributed by atoms with van der Waals surface area (Å²) >= 11 is 0. The van der Waals surface area contributed by atoms with E-state index < -0.39 is 10.9 Å². The molecule has 0 saturated carbocycles. The van der Waals surface area contributed by atoms with Gasteiger partial charge < -0.3 is 0 Å². The first-order chi connectivity index (χ1) is 4.34. The fourth-order valence-corrected chi connectivity index (χ4v) is 0.834. The average Bonchev–Trinajstić information content (AvgIpc) is 1.60. The molecule has 0 aliphatic heterocycles. The van der Waals surface area contributed by atoms with Gasteiger partial charge in [0.15, 0.2) is 0 Å². The molecular weight excluding hydrogens is 150 g/mol. The van der Waals surface area contributed by atoms with Gasteiger partial charge >= 0.3 is 0 Å². The predicted octanol–water partition coefficient (Wildman–Crippen LogP) is 0.662. The molecule has 0 atom stereocenters. The van der Waals surface area contributed by atoms with Crippen LogP contribution < -0.4 is 4.72 Å². The first-order valence-corrected chi connectivity index (χ1v) is 4.12. The summed E-state index contributed by atoms with van der Waals surface area (Å²) in [7, 11) is -2.55. The van der Waals surface area contributed by atoms with Gasteiger partial charge in [-0.15, -0.1) is 0 Å². The predicted molar refractivity (Wildman–Crippen MR) is 42.0 cm³/mol. The van der Waals surface area contributed by atoms with Crippen molar-refractivity contribution in [1.82, 2.24) is 4.72 Å². The molecule has 10 heavy (non-hydrogen) atoms. The molecule has 3 nitrogen and oxygen atoms in total. The molecule has 0 aliphatic rings. The van der Waals surface area contributed by atoms with Crippen LogP contribution in [0.2, 0.25) is 0 Å². The van der Waals surface area contributed by atoms with Crippen LogP contribution >= 0.6 is 0 Å². The second-order valence-corrected chi connectivity index (χ2v) is 3.84. The highest BCUT2D eigenvalue weighted by molar-refractivity contribution is 7.70. The number of allylic oxidation sites excluding steroid dienone is 1. The maximum atomic E-state index is 10.1. The highest BCUT2D eigenvalue weighted by Gasteiger charge is 2.14. The highest BCUT2D eigenvalue weighted by Crippen LogP contribution is 2.20. The Kier molecular flexibility index (Phi) is 2.90. The lowest BCUT2D eigenvalue weighted by Gasteiger charge is -2.19. The van der Waals surface area contributed by atoms with Gasteiger partial charge in [-0.3, -0.25) is 4.72 Å². The summed E-state index contributed by atoms with van der Waals surface area (Å²) in [6, 6.07) is 0. The van der Waals surface area contributed by atoms with Crippen molar-refractivity contribution < 1.29 is 8.42 Å². The van der Waals surface area contributed by atoms with Crippen LogP contribution in [0.1, 0.15) is 20.8 Å². The first kappa shape index (κ1) is 9.49. The number of hydrogen-bond donors (Lipinski definition) is 2. The largest absolute Gasteiger partial charge is 0.290 e. The highest BCUT2D eigenvalue weighted by atomic mass is 32.2. The van der Waals surface area contributed by atoms with E-state index >= 15 is 0 Å². The lowest BCUT2D eigenvalue weighted by atomic mass is 9.94. The lowest BCUT2D eigenvalue weighted by molar-refractivity contribution is 0.484. The van der Waals surface area contributed by atoms with Crippen molar-refractivity contribution in [2.24, 2.45) is 5.41 Å². The van der Waals surface area contributed by atoms with Crippen LogP contribution in [0.5, 0.6) is 0 Å². The summed E-state index contributed by atoms with van der Waals surface area (Å²) in [5, 5.41) is 0. The molecule has 1 N–H and O–H groups in total. The number of nitrogens with one attached hydrogen (secondary N) is 1. The molecule has 0 radical (unpaired) electrons. The van der Waals surface area contributed by atoms with Gasteiger partial charge in [0.05, 0.1) is 0 Å². The molecule has 0 amide bonds. The molecule has 0 fully saturated rings. The molecule has 0 spiro atoms. The van der Waals surface area contributed by atoms with Gasteiger partial charge in [0.1, 0.15) is 0 Å². The minimum absolute atomic E-state index is 0.199. The Hall–Kier alpha value is -0.510. The lowest BCUT2D eigenvalue weighted by Crippen LogP contribution is -2.21. The first-order valence-electron chi connectivity index (χ1n) is 2.94. The van der Waals surface area contributed by atoms with Crippen molar-refractivity contribution >= 4 is 10.9 Å². The van der Waals surface area contributed by atoms with Gasteiger partial charge in [-0.05, 0) is 0 Å². The summed E-state index contributed by atoms with van der Waals surface area (Å²) in [4.78, 5) is 0. The zero-order chi connectivity index (χ0) is 8.36. The van der Waals surface area contributed by atoms with E-state index in [-0.39, 0.29) is 5.41 Å². The van der Waals surface area contributed by atoms with Crippen molar-refractivity contribution in [3.05, 3.63) is 12.3 Å². The molecule has 0 unspecified atom stereocenters. The molecule has 0 aromatic heterocycles. The molecular formula is C6H13NO2S. The zero-order valence-corrected chi connectivity index (χ0v) is 7.37. The van der Waals surface area contributed by atoms with Gasteiger partial charge in [0.25, 0.3) is 0 Å². The fourth-order valence-electron chi connectivity index (χ4n) is 0.278. The smallest absolute Gasteiger partial charge is 0.222 e. The third-order valence-corrected chi connectivity index (χ3v) is 1.58. The summed E-state index contributed by atoms with van der Waals surface area (Å²) in [5.74, 6) is 0. The third kappa shape index (κ3) is 3.50. The Balaban J connectivity index is 4.12. The van der Waals surface area contributed by atoms with Gasteiger partial charge in [0, 0.05) is 11.1 Å². The van der Waals surface area contributed by atoms with E-state index in [1.54, 1.807) is 0 Å². The minimum Gasteiger partial charge on any atom is -0.290 e. The van der Waals surface area contributed by atoms with Gasteiger partial charge in [0.2, 0.25) is 10.9 Å². The second-order valence-electron chi connectivity index (χ2n) is 3.10. The van der Waals surface area contributed by atoms with Crippen molar-refractivity contribution in [3.8, 4) is 0 Å². The SMILES string of the molecule is C=C(N[SH](=O)=O)C(C)(C)C. The topological polar surface area (TPSA) is 46.2 Å². The maximum Gasteiger partial charge on any atom is 0.222 e. The van der Waals surface area contributed by atoms with Crippen LogP contribution in [-0.2, 0) is 10.9 Å². The Morgan fingerprint density at radius 3 is 1.90 bits per heavy atom. The van der Waals surface area contributed by atoms with Crippen molar-refractivity contribution in [2.75, 3.05) is 0 Å². The van der Waals surface area contributed by atoms with E-state index in [1.165, 1.54) is 0 Å². The van der Waals surface area contributed by atoms with E-state index in [0.29, 0.717) is 5.70 Å². The molecule has 4 heteroatoms. The standard InChI is InChI=1S/C6H13NO2S/c1-5(6(2,3)4)7-10(8)9/h10H,1H2,2-4H3,(H,7,8,9). The van der Waals surface area contributed by atoms with Crippen molar-refractivity contribution in [2.45, 2.75) is 20.8 Å². The van der Waals surface area contributed by atoms with E-state index in [4.69, 9.17) is 0 Å². The number of hydrogen-bond acceptors (Lipinski definition) is 2. The molecule has 0 saturated heterocycles. The summed E-state index contributed by atoms with van der Waals surface area (Å²) < 4.78 is 22.5. The van der Waals surface area contributed by atoms with Gasteiger partial charge in [-0.1, -0.05) is 27.4 Å². The summed E-state index contributed by atoms with van der Waals surface area (Å²) in [6.45, 7) is 9.24. The van der Waals surface area contributed by atoms with Crippen LogP contribution in [0, 0.1) is 5.41 Å². The normalized spacial score (nSPS) is 11.6. The maximum absolute atomic E-state index is 10.1. The summed E-state index contributed by atoms with van der Waals surface area (Å²) in [5.41, 5.74) is 0.318. The van der Waals surface area contributed by atoms with Gasteiger partial charge in [-0.25, -0.2) is 8.42 Å². The Labute approximate surface area is 63.2 Å². The van der Waals surface area contributed by atoms with Gasteiger partial charge in [-0.2, -0.15) is 0 Å². The third-order valence-electron chi connectivity index (χ3n) is 1.13. The van der Waals surface area contributed by atoms with Crippen LogP contribution in [0.25, 0.3) is 0 Å². The summed E-state index contributed by atoms with van der Waals surface area (Å²) in [6.07, 6.45) is 0. The Morgan fingerprint density at radius 2 is 1.80 bits per heavy atom. The van der Waals surface area contributed by atoms with Crippen LogP contribution in [0.15, 0.2) is 12.3 Å². The van der Waals surface area contributed by atoms with E-state index in [2.05, 4.69) is 11.3 Å². The monoisotopic (exact) mass is 163 g/mol. The van der Waals surface area contributed by atoms with Crippen molar-refractivity contribution in [1.29, 1.82) is 0 Å². The second kappa shape index (κ2) is 3.05. The molecule has 0 heterocycles. The fraction of sp³-hybridized carbons (Fsp3) is 0.667. The Bertz CT molecular complexity index is 192. The quantitative estimate of drug-likeness (QED) is 0.587. The number of rotatable bonds is 2. The van der Waals surface area contributed by atoms with E-state index in [9.17, 15) is 8.42 Å². The molecule has 0 aromatic carbocycles. The Morgan fingerprint density at radius 1 is 1.40 bits per heavy atom. The molecule has 0 rings (SSSR count). The molecule has 0 bridgehead atoms. The molecule has 0 aliphatic carbocycles. The van der Waals surface area contributed by atoms with Crippen LogP contribution in [0.3, 0.4) is 0 Å². The van der Waals surface area contributed by atoms with E-state index in [1.807, 2.05) is 20.8 Å². The van der Waals surface area contributed by atoms with E-state index in [0.717, 1.165) is 0 Å². The minimum atomic E-state index is -2.55. The number of thiol groups is 1. The van der Waals surface area contributed by atoms with Crippen molar-refractivity contribution in [3.63, 3.8) is 0 Å². The zero-order valence-electron chi connectivity index (χ0n) is 6.47. The average molecular weight is 163 g/mol. The molecule has 0 aromatic rings. The molecule has 60 valence electrons. The van der Waals surface area contributed by atoms with Crippen LogP contribution in [-0.4, -0.2) is 8.42 Å².